The average Bonchev–Trinajstić information content (AvgIpc) is 3.24. The Kier molecular flexibility index (Phi) is 4.26. The minimum atomic E-state index is -0.0520. The highest BCUT2D eigenvalue weighted by atomic mass is 32.1. The Balaban J connectivity index is 1.79. The van der Waals surface area contributed by atoms with E-state index in [0.29, 0.717) is 19.0 Å². The standard InChI is InChI=1S/C15H17N3O2S/c19-7-6-18(9-11-2-1-5-16-8-11)15(20)14-13(12-3-4-12)17-10-21-14/h1-2,5,8,10,12,19H,3-4,6-7,9H2. The molecule has 1 N–H and O–H groups in total. The number of aromatic nitrogens is 2. The lowest BCUT2D eigenvalue weighted by Crippen LogP contribution is -2.33. The number of rotatable bonds is 6. The molecular weight excluding hydrogens is 286 g/mol. The third-order valence-corrected chi connectivity index (χ3v) is 4.34. The molecule has 5 nitrogen and oxygen atoms in total. The second kappa shape index (κ2) is 6.32. The maximum absolute atomic E-state index is 12.7. The molecule has 0 radical (unpaired) electrons. The van der Waals surface area contributed by atoms with Crippen LogP contribution < -0.4 is 0 Å². The van der Waals surface area contributed by atoms with Crippen LogP contribution in [0.5, 0.6) is 0 Å². The van der Waals surface area contributed by atoms with E-state index in [9.17, 15) is 9.90 Å². The summed E-state index contributed by atoms with van der Waals surface area (Å²) in [4.78, 5) is 23.5. The zero-order valence-electron chi connectivity index (χ0n) is 11.6. The first kappa shape index (κ1) is 14.2. The Morgan fingerprint density at radius 3 is 3.00 bits per heavy atom. The Bertz CT molecular complexity index is 610. The van der Waals surface area contributed by atoms with Crippen molar-refractivity contribution in [2.45, 2.75) is 25.3 Å². The molecule has 3 rings (SSSR count). The lowest BCUT2D eigenvalue weighted by molar-refractivity contribution is 0.0711. The van der Waals surface area contributed by atoms with Gasteiger partial charge in [-0.05, 0) is 24.5 Å². The van der Waals surface area contributed by atoms with Gasteiger partial charge in [0, 0.05) is 31.4 Å². The van der Waals surface area contributed by atoms with Crippen molar-refractivity contribution in [1.82, 2.24) is 14.9 Å². The van der Waals surface area contributed by atoms with Gasteiger partial charge in [0.2, 0.25) is 0 Å². The van der Waals surface area contributed by atoms with E-state index in [1.165, 1.54) is 11.3 Å². The normalized spacial score (nSPS) is 14.1. The van der Waals surface area contributed by atoms with Gasteiger partial charge in [-0.25, -0.2) is 4.98 Å². The summed E-state index contributed by atoms with van der Waals surface area (Å²) in [6.45, 7) is 0.717. The summed E-state index contributed by atoms with van der Waals surface area (Å²) < 4.78 is 0. The van der Waals surface area contributed by atoms with Crippen molar-refractivity contribution >= 4 is 17.2 Å². The molecule has 1 aliphatic carbocycles. The third kappa shape index (κ3) is 3.28. The molecule has 0 saturated heterocycles. The number of aliphatic hydroxyl groups is 1. The zero-order valence-corrected chi connectivity index (χ0v) is 12.4. The molecule has 0 spiro atoms. The number of nitrogens with zero attached hydrogens (tertiary/aromatic N) is 3. The monoisotopic (exact) mass is 303 g/mol. The van der Waals surface area contributed by atoms with Crippen LogP contribution in [0.2, 0.25) is 0 Å². The summed E-state index contributed by atoms with van der Waals surface area (Å²) in [6, 6.07) is 3.78. The number of carbonyl (C=O) groups is 1. The second-order valence-corrected chi connectivity index (χ2v) is 6.01. The smallest absolute Gasteiger partial charge is 0.266 e. The van der Waals surface area contributed by atoms with Crippen molar-refractivity contribution in [3.8, 4) is 0 Å². The molecule has 1 fully saturated rings. The highest BCUT2D eigenvalue weighted by molar-refractivity contribution is 7.11. The number of amides is 1. The first-order chi connectivity index (χ1) is 10.3. The van der Waals surface area contributed by atoms with E-state index in [1.807, 2.05) is 12.1 Å². The molecule has 21 heavy (non-hydrogen) atoms. The molecule has 1 aliphatic rings. The molecule has 0 unspecified atom stereocenters. The predicted octanol–water partition coefficient (Wildman–Crippen LogP) is 2.05. The van der Waals surface area contributed by atoms with Crippen LogP contribution >= 0.6 is 11.3 Å². The fourth-order valence-corrected chi connectivity index (χ4v) is 3.13. The molecule has 1 amide bonds. The first-order valence-corrected chi connectivity index (χ1v) is 7.90. The Labute approximate surface area is 127 Å². The zero-order chi connectivity index (χ0) is 14.7. The molecule has 0 aliphatic heterocycles. The third-order valence-electron chi connectivity index (χ3n) is 3.51. The molecule has 2 aromatic rings. The van der Waals surface area contributed by atoms with Crippen molar-refractivity contribution in [3.63, 3.8) is 0 Å². The molecule has 2 heterocycles. The van der Waals surface area contributed by atoms with Crippen molar-refractivity contribution in [1.29, 1.82) is 0 Å². The fraction of sp³-hybridized carbons (Fsp3) is 0.400. The van der Waals surface area contributed by atoms with E-state index in [1.54, 1.807) is 22.8 Å². The topological polar surface area (TPSA) is 66.3 Å². The number of thiazole rings is 1. The van der Waals surface area contributed by atoms with Gasteiger partial charge in [0.1, 0.15) is 4.88 Å². The highest BCUT2D eigenvalue weighted by Gasteiger charge is 2.32. The van der Waals surface area contributed by atoms with Crippen LogP contribution in [-0.4, -0.2) is 39.0 Å². The molecule has 2 aromatic heterocycles. The maximum Gasteiger partial charge on any atom is 0.266 e. The van der Waals surface area contributed by atoms with Gasteiger partial charge in [-0.3, -0.25) is 9.78 Å². The van der Waals surface area contributed by atoms with Gasteiger partial charge in [0.15, 0.2) is 0 Å². The summed E-state index contributed by atoms with van der Waals surface area (Å²) >= 11 is 1.39. The summed E-state index contributed by atoms with van der Waals surface area (Å²) in [5.74, 6) is 0.405. The van der Waals surface area contributed by atoms with Crippen LogP contribution in [0.1, 0.15) is 39.7 Å². The number of hydrogen-bond acceptors (Lipinski definition) is 5. The number of pyridine rings is 1. The van der Waals surface area contributed by atoms with Crippen molar-refractivity contribution < 1.29 is 9.90 Å². The number of aliphatic hydroxyl groups excluding tert-OH is 1. The van der Waals surface area contributed by atoms with Gasteiger partial charge >= 0.3 is 0 Å². The number of hydrogen-bond donors (Lipinski definition) is 1. The van der Waals surface area contributed by atoms with Crippen molar-refractivity contribution in [2.24, 2.45) is 0 Å². The van der Waals surface area contributed by atoms with Gasteiger partial charge in [-0.15, -0.1) is 11.3 Å². The van der Waals surface area contributed by atoms with Crippen LogP contribution in [0.25, 0.3) is 0 Å². The van der Waals surface area contributed by atoms with Crippen LogP contribution in [0.3, 0.4) is 0 Å². The quantitative estimate of drug-likeness (QED) is 0.887. The summed E-state index contributed by atoms with van der Waals surface area (Å²) in [5, 5.41) is 9.23. The summed E-state index contributed by atoms with van der Waals surface area (Å²) in [7, 11) is 0. The summed E-state index contributed by atoms with van der Waals surface area (Å²) in [5.41, 5.74) is 3.62. The molecule has 0 bridgehead atoms. The van der Waals surface area contributed by atoms with E-state index < -0.39 is 0 Å². The number of carbonyl (C=O) groups excluding carboxylic acids is 1. The van der Waals surface area contributed by atoms with Gasteiger partial charge in [0.05, 0.1) is 17.8 Å². The lowest BCUT2D eigenvalue weighted by Gasteiger charge is -2.21. The minimum absolute atomic E-state index is 0.0442. The van der Waals surface area contributed by atoms with Gasteiger partial charge in [-0.2, -0.15) is 0 Å². The Morgan fingerprint density at radius 2 is 2.33 bits per heavy atom. The maximum atomic E-state index is 12.7. The molecule has 0 aromatic carbocycles. The van der Waals surface area contributed by atoms with Gasteiger partial charge in [-0.1, -0.05) is 6.07 Å². The predicted molar refractivity (Wildman–Crippen MR) is 80.2 cm³/mol. The molecule has 6 heteroatoms. The van der Waals surface area contributed by atoms with Crippen molar-refractivity contribution in [2.75, 3.05) is 13.2 Å². The van der Waals surface area contributed by atoms with E-state index in [2.05, 4.69) is 9.97 Å². The molecular formula is C15H17N3O2S. The van der Waals surface area contributed by atoms with E-state index >= 15 is 0 Å². The van der Waals surface area contributed by atoms with Crippen LogP contribution in [0.4, 0.5) is 0 Å². The Morgan fingerprint density at radius 1 is 1.48 bits per heavy atom. The SMILES string of the molecule is O=C(c1scnc1C1CC1)N(CCO)Cc1cccnc1. The summed E-state index contributed by atoms with van der Waals surface area (Å²) in [6.07, 6.45) is 5.68. The molecule has 110 valence electrons. The molecule has 1 saturated carbocycles. The van der Waals surface area contributed by atoms with Crippen LogP contribution in [0, 0.1) is 0 Å². The lowest BCUT2D eigenvalue weighted by atomic mass is 10.2. The van der Waals surface area contributed by atoms with Crippen LogP contribution in [-0.2, 0) is 6.54 Å². The first-order valence-electron chi connectivity index (χ1n) is 7.02. The van der Waals surface area contributed by atoms with E-state index in [4.69, 9.17) is 0 Å². The highest BCUT2D eigenvalue weighted by Crippen LogP contribution is 2.42. The van der Waals surface area contributed by atoms with Crippen LogP contribution in [0.15, 0.2) is 30.0 Å². The minimum Gasteiger partial charge on any atom is -0.395 e. The van der Waals surface area contributed by atoms with Crippen molar-refractivity contribution in [3.05, 3.63) is 46.2 Å². The Hall–Kier alpha value is -1.79. The second-order valence-electron chi connectivity index (χ2n) is 5.15. The largest absolute Gasteiger partial charge is 0.395 e. The fourth-order valence-electron chi connectivity index (χ4n) is 2.29. The van der Waals surface area contributed by atoms with E-state index in [-0.39, 0.29) is 12.5 Å². The van der Waals surface area contributed by atoms with Gasteiger partial charge in [0.25, 0.3) is 5.91 Å². The van der Waals surface area contributed by atoms with E-state index in [0.717, 1.165) is 29.0 Å². The average molecular weight is 303 g/mol. The molecule has 0 atom stereocenters. The van der Waals surface area contributed by atoms with Gasteiger partial charge < -0.3 is 10.0 Å².